The highest BCUT2D eigenvalue weighted by atomic mass is 32.2. The average Bonchev–Trinajstić information content (AvgIpc) is 2.55. The van der Waals surface area contributed by atoms with Crippen LogP contribution in [0, 0.1) is 5.92 Å². The summed E-state index contributed by atoms with van der Waals surface area (Å²) in [4.78, 5) is 46.9. The minimum Gasteiger partial charge on any atom is -0.480 e. The third-order valence-electron chi connectivity index (χ3n) is 3.48. The lowest BCUT2D eigenvalue weighted by Crippen LogP contribution is -2.53. The lowest BCUT2D eigenvalue weighted by molar-refractivity contribution is -0.141. The largest absolute Gasteiger partial charge is 0.480 e. The van der Waals surface area contributed by atoms with E-state index in [-0.39, 0.29) is 12.5 Å². The van der Waals surface area contributed by atoms with Crippen molar-refractivity contribution in [3.63, 3.8) is 0 Å². The summed E-state index contributed by atoms with van der Waals surface area (Å²) in [6.45, 7) is 4.91. The molecule has 0 spiro atoms. The van der Waals surface area contributed by atoms with Crippen LogP contribution in [-0.2, 0) is 19.2 Å². The van der Waals surface area contributed by atoms with Crippen LogP contribution in [0.2, 0.25) is 0 Å². The summed E-state index contributed by atoms with van der Waals surface area (Å²) >= 11 is 1.49. The second kappa shape index (κ2) is 12.5. The van der Waals surface area contributed by atoms with Crippen molar-refractivity contribution >= 4 is 35.5 Å². The quantitative estimate of drug-likeness (QED) is 0.296. The summed E-state index contributed by atoms with van der Waals surface area (Å²) in [5.41, 5.74) is 5.74. The van der Waals surface area contributed by atoms with Crippen molar-refractivity contribution in [1.29, 1.82) is 0 Å². The molecule has 3 amide bonds. The van der Waals surface area contributed by atoms with Gasteiger partial charge >= 0.3 is 5.97 Å². The van der Waals surface area contributed by atoms with Gasteiger partial charge in [-0.05, 0) is 37.7 Å². The molecule has 3 unspecified atom stereocenters. The number of hydrogen-bond donors (Lipinski definition) is 5. The van der Waals surface area contributed by atoms with Crippen molar-refractivity contribution in [1.82, 2.24) is 16.0 Å². The van der Waals surface area contributed by atoms with Crippen LogP contribution in [0.4, 0.5) is 0 Å². The zero-order chi connectivity index (χ0) is 20.3. The van der Waals surface area contributed by atoms with Gasteiger partial charge < -0.3 is 26.8 Å². The van der Waals surface area contributed by atoms with Gasteiger partial charge in [0.1, 0.15) is 12.1 Å². The summed E-state index contributed by atoms with van der Waals surface area (Å²) < 4.78 is 0. The Morgan fingerprint density at radius 1 is 1.08 bits per heavy atom. The van der Waals surface area contributed by atoms with E-state index in [0.717, 1.165) is 0 Å². The Balaban J connectivity index is 4.60. The van der Waals surface area contributed by atoms with Gasteiger partial charge in [0.2, 0.25) is 17.7 Å². The van der Waals surface area contributed by atoms with Crippen LogP contribution >= 0.6 is 11.8 Å². The van der Waals surface area contributed by atoms with E-state index in [1.165, 1.54) is 18.7 Å². The number of rotatable bonds is 12. The molecule has 0 aromatic heterocycles. The molecule has 9 nitrogen and oxygen atoms in total. The molecule has 10 heteroatoms. The van der Waals surface area contributed by atoms with Gasteiger partial charge in [-0.15, -0.1) is 0 Å². The first-order chi connectivity index (χ1) is 12.1. The first-order valence-electron chi connectivity index (χ1n) is 8.43. The number of carboxylic acids is 1. The third kappa shape index (κ3) is 10.2. The SMILES string of the molecule is CSCCC(NC(=O)CNC(=O)C(N)CC(C)C)C(=O)NC(C)C(=O)O. The van der Waals surface area contributed by atoms with Crippen LogP contribution < -0.4 is 21.7 Å². The third-order valence-corrected chi connectivity index (χ3v) is 4.12. The Morgan fingerprint density at radius 2 is 1.69 bits per heavy atom. The number of amides is 3. The van der Waals surface area contributed by atoms with E-state index in [2.05, 4.69) is 16.0 Å². The Bertz CT molecular complexity index is 501. The fourth-order valence-electron chi connectivity index (χ4n) is 2.04. The maximum atomic E-state index is 12.2. The molecule has 6 N–H and O–H groups in total. The summed E-state index contributed by atoms with van der Waals surface area (Å²) in [6.07, 6.45) is 2.69. The Morgan fingerprint density at radius 3 is 2.19 bits per heavy atom. The monoisotopic (exact) mass is 390 g/mol. The van der Waals surface area contributed by atoms with Crippen LogP contribution in [-0.4, -0.2) is 65.5 Å². The van der Waals surface area contributed by atoms with Gasteiger partial charge in [-0.25, -0.2) is 0 Å². The molecule has 3 atom stereocenters. The molecular weight excluding hydrogens is 360 g/mol. The summed E-state index contributed by atoms with van der Waals surface area (Å²) in [5, 5.41) is 16.2. The minimum atomic E-state index is -1.17. The number of nitrogens with two attached hydrogens (primary N) is 1. The van der Waals surface area contributed by atoms with Gasteiger partial charge in [0, 0.05) is 0 Å². The van der Waals surface area contributed by atoms with Crippen LogP contribution in [0.3, 0.4) is 0 Å². The van der Waals surface area contributed by atoms with E-state index in [1.54, 1.807) is 0 Å². The Kier molecular flexibility index (Phi) is 11.7. The maximum Gasteiger partial charge on any atom is 0.325 e. The van der Waals surface area contributed by atoms with Crippen molar-refractivity contribution < 1.29 is 24.3 Å². The van der Waals surface area contributed by atoms with Crippen molar-refractivity contribution in [2.75, 3.05) is 18.6 Å². The zero-order valence-corrected chi connectivity index (χ0v) is 16.5. The molecule has 0 aliphatic rings. The lowest BCUT2D eigenvalue weighted by atomic mass is 10.0. The minimum absolute atomic E-state index is 0.250. The molecule has 0 heterocycles. The average molecular weight is 391 g/mol. The smallest absolute Gasteiger partial charge is 0.325 e. The molecule has 150 valence electrons. The van der Waals surface area contributed by atoms with Crippen LogP contribution in [0.25, 0.3) is 0 Å². The van der Waals surface area contributed by atoms with Crippen molar-refractivity contribution in [3.05, 3.63) is 0 Å². The molecule has 0 aromatic carbocycles. The van der Waals surface area contributed by atoms with Gasteiger partial charge in [0.25, 0.3) is 0 Å². The summed E-state index contributed by atoms with van der Waals surface area (Å²) in [7, 11) is 0. The molecule has 0 radical (unpaired) electrons. The van der Waals surface area contributed by atoms with Crippen molar-refractivity contribution in [2.45, 2.75) is 51.7 Å². The van der Waals surface area contributed by atoms with Crippen LogP contribution in [0.5, 0.6) is 0 Å². The molecule has 0 aliphatic carbocycles. The number of carbonyl (C=O) groups excluding carboxylic acids is 3. The van der Waals surface area contributed by atoms with E-state index < -0.39 is 41.8 Å². The lowest BCUT2D eigenvalue weighted by Gasteiger charge is -2.20. The fourth-order valence-corrected chi connectivity index (χ4v) is 2.51. The number of carboxylic acid groups (broad SMARTS) is 1. The number of hydrogen-bond acceptors (Lipinski definition) is 6. The van der Waals surface area contributed by atoms with Crippen molar-refractivity contribution in [2.24, 2.45) is 11.7 Å². The molecular formula is C16H30N4O5S. The first-order valence-corrected chi connectivity index (χ1v) is 9.82. The molecule has 0 saturated carbocycles. The Hall–Kier alpha value is -1.81. The summed E-state index contributed by atoms with van der Waals surface area (Å²) in [5.74, 6) is -1.87. The van der Waals surface area contributed by atoms with E-state index in [9.17, 15) is 19.2 Å². The number of nitrogens with one attached hydrogen (secondary N) is 3. The highest BCUT2D eigenvalue weighted by Gasteiger charge is 2.24. The molecule has 0 saturated heterocycles. The highest BCUT2D eigenvalue weighted by molar-refractivity contribution is 7.98. The van der Waals surface area contributed by atoms with E-state index in [4.69, 9.17) is 10.8 Å². The molecule has 0 aromatic rings. The molecule has 26 heavy (non-hydrogen) atoms. The highest BCUT2D eigenvalue weighted by Crippen LogP contribution is 2.03. The molecule has 0 aliphatic heterocycles. The number of carbonyl (C=O) groups is 4. The van der Waals surface area contributed by atoms with E-state index >= 15 is 0 Å². The predicted molar refractivity (Wildman–Crippen MR) is 101 cm³/mol. The summed E-state index contributed by atoms with van der Waals surface area (Å²) in [6, 6.07) is -2.64. The number of thioether (sulfide) groups is 1. The number of aliphatic carboxylic acids is 1. The second-order valence-corrected chi connectivity index (χ2v) is 7.41. The van der Waals surface area contributed by atoms with Gasteiger partial charge in [0.15, 0.2) is 0 Å². The second-order valence-electron chi connectivity index (χ2n) is 6.42. The van der Waals surface area contributed by atoms with Gasteiger partial charge in [-0.3, -0.25) is 19.2 Å². The topological polar surface area (TPSA) is 151 Å². The van der Waals surface area contributed by atoms with E-state index in [0.29, 0.717) is 18.6 Å². The van der Waals surface area contributed by atoms with Crippen molar-refractivity contribution in [3.8, 4) is 0 Å². The van der Waals surface area contributed by atoms with Crippen LogP contribution in [0.1, 0.15) is 33.6 Å². The van der Waals surface area contributed by atoms with E-state index in [1.807, 2.05) is 20.1 Å². The molecule has 0 fully saturated rings. The van der Waals surface area contributed by atoms with Gasteiger partial charge in [-0.1, -0.05) is 13.8 Å². The first kappa shape index (κ1) is 24.2. The predicted octanol–water partition coefficient (Wildman–Crippen LogP) is -0.697. The molecule has 0 bridgehead atoms. The normalized spacial score (nSPS) is 14.2. The van der Waals surface area contributed by atoms with Crippen LogP contribution in [0.15, 0.2) is 0 Å². The maximum absolute atomic E-state index is 12.2. The van der Waals surface area contributed by atoms with Gasteiger partial charge in [0.05, 0.1) is 12.6 Å². The zero-order valence-electron chi connectivity index (χ0n) is 15.7. The molecule has 0 rings (SSSR count). The standard InChI is InChI=1S/C16H30N4O5S/c1-9(2)7-11(17)14(22)18-8-13(21)20-12(5-6-26-4)15(23)19-10(3)16(24)25/h9-12H,5-8,17H2,1-4H3,(H,18,22)(H,19,23)(H,20,21)(H,24,25). The Labute approximate surface area is 158 Å². The fraction of sp³-hybridized carbons (Fsp3) is 0.750. The van der Waals surface area contributed by atoms with Gasteiger partial charge in [-0.2, -0.15) is 11.8 Å².